The Bertz CT molecular complexity index is 2920. The largest absolute Gasteiger partial charge is 0.254 e. The van der Waals surface area contributed by atoms with Gasteiger partial charge in [-0.15, -0.1) is 11.3 Å². The zero-order valence-corrected chi connectivity index (χ0v) is 30.5. The highest BCUT2D eigenvalue weighted by atomic mass is 32.1. The van der Waals surface area contributed by atoms with Gasteiger partial charge in [0.2, 0.25) is 0 Å². The Hall–Kier alpha value is -6.74. The Morgan fingerprint density at radius 3 is 1.91 bits per heavy atom. The molecule has 3 heterocycles. The number of rotatable bonds is 5. The zero-order valence-electron chi connectivity index (χ0n) is 29.7. The number of hydrogen-bond acceptors (Lipinski definition) is 5. The molecule has 5 heteroatoms. The summed E-state index contributed by atoms with van der Waals surface area (Å²) in [5, 5.41) is 10.9. The topological polar surface area (TPSA) is 62.5 Å². The molecule has 6 aromatic carbocycles. The van der Waals surface area contributed by atoms with Gasteiger partial charge in [0, 0.05) is 44.0 Å². The second-order valence-corrected chi connectivity index (χ2v) is 15.5. The molecule has 3 aromatic heterocycles. The van der Waals surface area contributed by atoms with Gasteiger partial charge in [0.1, 0.15) is 0 Å². The van der Waals surface area contributed by atoms with Gasteiger partial charge in [-0.2, -0.15) is 5.26 Å². The Kier molecular flexibility index (Phi) is 7.36. The van der Waals surface area contributed by atoms with Gasteiger partial charge >= 0.3 is 0 Å². The minimum Gasteiger partial charge on any atom is -0.254 e. The zero-order chi connectivity index (χ0) is 36.4. The summed E-state index contributed by atoms with van der Waals surface area (Å²) in [6, 6.07) is 55.3. The number of benzene rings is 6. The summed E-state index contributed by atoms with van der Waals surface area (Å²) >= 11 is 1.78. The molecule has 0 spiro atoms. The molecule has 54 heavy (non-hydrogen) atoms. The van der Waals surface area contributed by atoms with Gasteiger partial charge in [0.15, 0.2) is 5.82 Å². The molecule has 1 aliphatic rings. The van der Waals surface area contributed by atoms with Crippen molar-refractivity contribution in [3.8, 4) is 73.4 Å². The standard InChI is InChI=1S/C49H32N4S/c1-49(2)41-21-30(28-50)17-19-38(41)39-20-18-33(25-42(39)49)34-22-35(37-26-46-47(51-29-37)40-15-9-10-16-45(40)54-46)24-36(23-34)44-27-43(31-11-5-3-6-12-31)52-48(53-44)32-13-7-4-8-14-32/h3-27,29H,1-2H3. The molecule has 9 aromatic rings. The monoisotopic (exact) mass is 708 g/mol. The van der Waals surface area contributed by atoms with Crippen LogP contribution in [0.5, 0.6) is 0 Å². The number of fused-ring (bicyclic) bond motifs is 6. The molecule has 0 radical (unpaired) electrons. The van der Waals surface area contributed by atoms with Crippen molar-refractivity contribution in [1.82, 2.24) is 15.0 Å². The number of nitrogens with zero attached hydrogens (tertiary/aromatic N) is 4. The average molecular weight is 709 g/mol. The minimum absolute atomic E-state index is 0.258. The molecule has 0 unspecified atom stereocenters. The van der Waals surface area contributed by atoms with E-state index in [2.05, 4.69) is 129 Å². The SMILES string of the molecule is CC1(C)c2cc(C#N)ccc2-c2ccc(-c3cc(-c4cnc5c(c4)sc4ccccc45)cc(-c4cc(-c5ccccc5)nc(-c5ccccc5)n4)c3)cc21. The van der Waals surface area contributed by atoms with Gasteiger partial charge in [-0.25, -0.2) is 9.97 Å². The van der Waals surface area contributed by atoms with Gasteiger partial charge in [-0.3, -0.25) is 4.98 Å². The van der Waals surface area contributed by atoms with Crippen LogP contribution in [-0.2, 0) is 5.41 Å². The first kappa shape index (κ1) is 32.0. The second kappa shape index (κ2) is 12.4. The van der Waals surface area contributed by atoms with Crippen LogP contribution < -0.4 is 0 Å². The molecule has 1 aliphatic carbocycles. The summed E-state index contributed by atoms with van der Waals surface area (Å²) in [6.45, 7) is 4.51. The number of hydrogen-bond donors (Lipinski definition) is 0. The fraction of sp³-hybridized carbons (Fsp3) is 0.0612. The number of aromatic nitrogens is 3. The predicted octanol–water partition coefficient (Wildman–Crippen LogP) is 12.8. The summed E-state index contributed by atoms with van der Waals surface area (Å²) in [7, 11) is 0. The smallest absolute Gasteiger partial charge is 0.160 e. The van der Waals surface area contributed by atoms with E-state index in [1.807, 2.05) is 48.7 Å². The Balaban J connectivity index is 1.18. The van der Waals surface area contributed by atoms with E-state index in [1.54, 1.807) is 11.3 Å². The number of thiophene rings is 1. The van der Waals surface area contributed by atoms with Crippen LogP contribution in [0.25, 0.3) is 87.6 Å². The van der Waals surface area contributed by atoms with Crippen LogP contribution in [0.15, 0.2) is 158 Å². The van der Waals surface area contributed by atoms with Crippen LogP contribution in [0.3, 0.4) is 0 Å². The first-order valence-corrected chi connectivity index (χ1v) is 18.9. The van der Waals surface area contributed by atoms with Crippen LogP contribution in [0.2, 0.25) is 0 Å². The predicted molar refractivity (Wildman–Crippen MR) is 222 cm³/mol. The molecular formula is C49H32N4S. The lowest BCUT2D eigenvalue weighted by Crippen LogP contribution is -2.15. The molecule has 0 saturated heterocycles. The summed E-state index contributed by atoms with van der Waals surface area (Å²) in [5.74, 6) is 0.682. The molecule has 254 valence electrons. The van der Waals surface area contributed by atoms with Gasteiger partial charge in [-0.05, 0) is 93.5 Å². The molecule has 0 aliphatic heterocycles. The van der Waals surface area contributed by atoms with E-state index < -0.39 is 0 Å². The van der Waals surface area contributed by atoms with Crippen molar-refractivity contribution in [3.63, 3.8) is 0 Å². The first-order chi connectivity index (χ1) is 26.4. The van der Waals surface area contributed by atoms with E-state index in [1.165, 1.54) is 32.3 Å². The molecule has 0 amide bonds. The van der Waals surface area contributed by atoms with Gasteiger partial charge < -0.3 is 0 Å². The van der Waals surface area contributed by atoms with Gasteiger partial charge in [0.25, 0.3) is 0 Å². The molecular weight excluding hydrogens is 677 g/mol. The summed E-state index contributed by atoms with van der Waals surface area (Å²) < 4.78 is 2.40. The third-order valence-electron chi connectivity index (χ3n) is 10.7. The van der Waals surface area contributed by atoms with Crippen molar-refractivity contribution in [2.45, 2.75) is 19.3 Å². The molecule has 0 bridgehead atoms. The Morgan fingerprint density at radius 2 is 1.15 bits per heavy atom. The van der Waals surface area contributed by atoms with E-state index >= 15 is 0 Å². The quantitative estimate of drug-likeness (QED) is 0.179. The van der Waals surface area contributed by atoms with Crippen molar-refractivity contribution < 1.29 is 0 Å². The van der Waals surface area contributed by atoms with E-state index in [9.17, 15) is 5.26 Å². The summed E-state index contributed by atoms with van der Waals surface area (Å²) in [6.07, 6.45) is 2.00. The summed E-state index contributed by atoms with van der Waals surface area (Å²) in [4.78, 5) is 15.3. The van der Waals surface area contributed by atoms with Crippen LogP contribution in [0.1, 0.15) is 30.5 Å². The Morgan fingerprint density at radius 1 is 0.519 bits per heavy atom. The maximum Gasteiger partial charge on any atom is 0.160 e. The molecule has 0 N–H and O–H groups in total. The van der Waals surface area contributed by atoms with Crippen molar-refractivity contribution in [3.05, 3.63) is 175 Å². The maximum absolute atomic E-state index is 9.68. The highest BCUT2D eigenvalue weighted by molar-refractivity contribution is 7.25. The fourth-order valence-corrected chi connectivity index (χ4v) is 9.02. The third-order valence-corrected chi connectivity index (χ3v) is 11.9. The fourth-order valence-electron chi connectivity index (χ4n) is 7.92. The normalized spacial score (nSPS) is 12.8. The van der Waals surface area contributed by atoms with E-state index in [0.29, 0.717) is 11.4 Å². The molecule has 0 atom stereocenters. The lowest BCUT2D eigenvalue weighted by Gasteiger charge is -2.22. The van der Waals surface area contributed by atoms with Crippen molar-refractivity contribution in [1.29, 1.82) is 5.26 Å². The lowest BCUT2D eigenvalue weighted by atomic mass is 9.81. The lowest BCUT2D eigenvalue weighted by molar-refractivity contribution is 0.660. The van der Waals surface area contributed by atoms with Crippen molar-refractivity contribution >= 4 is 31.6 Å². The molecule has 0 fully saturated rings. The third kappa shape index (κ3) is 5.31. The number of nitriles is 1. The minimum atomic E-state index is -0.258. The number of pyridine rings is 1. The summed E-state index contributed by atoms with van der Waals surface area (Å²) in [5.41, 5.74) is 15.4. The van der Waals surface area contributed by atoms with Gasteiger partial charge in [-0.1, -0.05) is 111 Å². The molecule has 10 rings (SSSR count). The van der Waals surface area contributed by atoms with Crippen LogP contribution >= 0.6 is 11.3 Å². The first-order valence-electron chi connectivity index (χ1n) is 18.1. The second-order valence-electron chi connectivity index (χ2n) is 14.4. The highest BCUT2D eigenvalue weighted by Gasteiger charge is 2.36. The Labute approximate surface area is 317 Å². The molecule has 4 nitrogen and oxygen atoms in total. The average Bonchev–Trinajstić information content (AvgIpc) is 3.71. The van der Waals surface area contributed by atoms with E-state index in [4.69, 9.17) is 15.0 Å². The van der Waals surface area contributed by atoms with E-state index in [-0.39, 0.29) is 5.41 Å². The van der Waals surface area contributed by atoms with Crippen LogP contribution in [0, 0.1) is 11.3 Å². The van der Waals surface area contributed by atoms with Gasteiger partial charge in [0.05, 0.1) is 33.2 Å². The molecule has 0 saturated carbocycles. The van der Waals surface area contributed by atoms with Crippen LogP contribution in [-0.4, -0.2) is 15.0 Å². The van der Waals surface area contributed by atoms with Crippen LogP contribution in [0.4, 0.5) is 0 Å². The maximum atomic E-state index is 9.68. The van der Waals surface area contributed by atoms with Crippen molar-refractivity contribution in [2.75, 3.05) is 0 Å². The van der Waals surface area contributed by atoms with E-state index in [0.717, 1.165) is 60.5 Å². The highest BCUT2D eigenvalue weighted by Crippen LogP contribution is 2.50. The van der Waals surface area contributed by atoms with Crippen molar-refractivity contribution in [2.24, 2.45) is 0 Å².